The highest BCUT2D eigenvalue weighted by atomic mass is 32.2. The summed E-state index contributed by atoms with van der Waals surface area (Å²) < 4.78 is 59.3. The first-order chi connectivity index (χ1) is 16.3. The second-order valence-electron chi connectivity index (χ2n) is 8.03. The van der Waals surface area contributed by atoms with Crippen molar-refractivity contribution >= 4 is 15.9 Å². The van der Waals surface area contributed by atoms with E-state index < -0.39 is 15.8 Å². The highest BCUT2D eigenvalue weighted by Crippen LogP contribution is 2.26. The molecule has 1 aliphatic rings. The molecule has 0 atom stereocenters. The molecule has 6 nitrogen and oxygen atoms in total. The molecule has 0 bridgehead atoms. The average Bonchev–Trinajstić information content (AvgIpc) is 2.85. The quantitative estimate of drug-likeness (QED) is 0.535. The van der Waals surface area contributed by atoms with Crippen molar-refractivity contribution in [3.63, 3.8) is 0 Å². The molecule has 0 aromatic heterocycles. The van der Waals surface area contributed by atoms with Crippen LogP contribution in [0.1, 0.15) is 18.4 Å². The SMILES string of the molecule is O=C(NCc1ccc(Oc2ccc(F)cc2)cc1)C1CCN(S(=O)(=O)c2ccccc2F)CC1. The molecule has 1 N–H and O–H groups in total. The molecule has 1 fully saturated rings. The van der Waals surface area contributed by atoms with Gasteiger partial charge in [0.2, 0.25) is 15.9 Å². The number of nitrogens with zero attached hydrogens (tertiary/aromatic N) is 1. The summed E-state index contributed by atoms with van der Waals surface area (Å²) >= 11 is 0. The molecule has 1 heterocycles. The first-order valence-electron chi connectivity index (χ1n) is 10.9. The maximum absolute atomic E-state index is 14.0. The van der Waals surface area contributed by atoms with Crippen molar-refractivity contribution < 1.29 is 26.7 Å². The zero-order valence-corrected chi connectivity index (χ0v) is 19.1. The zero-order chi connectivity index (χ0) is 24.1. The Hall–Kier alpha value is -3.30. The Balaban J connectivity index is 1.26. The Morgan fingerprint density at radius 1 is 0.912 bits per heavy atom. The molecule has 0 aliphatic carbocycles. The first kappa shape index (κ1) is 23.8. The number of nitrogens with one attached hydrogen (secondary N) is 1. The summed E-state index contributed by atoms with van der Waals surface area (Å²) in [6.07, 6.45) is 0.730. The number of piperidine rings is 1. The minimum Gasteiger partial charge on any atom is -0.457 e. The van der Waals surface area contributed by atoms with Crippen LogP contribution in [-0.2, 0) is 21.4 Å². The van der Waals surface area contributed by atoms with Gasteiger partial charge in [0.15, 0.2) is 0 Å². The van der Waals surface area contributed by atoms with E-state index in [-0.39, 0.29) is 35.6 Å². The zero-order valence-electron chi connectivity index (χ0n) is 18.3. The van der Waals surface area contributed by atoms with Gasteiger partial charge < -0.3 is 10.1 Å². The lowest BCUT2D eigenvalue weighted by molar-refractivity contribution is -0.126. The van der Waals surface area contributed by atoms with Crippen molar-refractivity contribution in [3.8, 4) is 11.5 Å². The number of halogens is 2. The standard InChI is InChI=1S/C25H24F2N2O4S/c26-20-7-11-22(12-8-20)33-21-9-5-18(6-10-21)17-28-25(30)19-13-15-29(16-14-19)34(31,32)24-4-2-1-3-23(24)27/h1-12,19H,13-17H2,(H,28,30). The minimum absolute atomic E-state index is 0.144. The molecular formula is C25H24F2N2O4S. The highest BCUT2D eigenvalue weighted by Gasteiger charge is 2.33. The topological polar surface area (TPSA) is 75.7 Å². The molecule has 0 saturated carbocycles. The molecule has 3 aromatic carbocycles. The van der Waals surface area contributed by atoms with E-state index in [1.807, 2.05) is 12.1 Å². The molecule has 1 aliphatic heterocycles. The van der Waals surface area contributed by atoms with Crippen LogP contribution in [0.2, 0.25) is 0 Å². The van der Waals surface area contributed by atoms with Gasteiger partial charge in [-0.2, -0.15) is 4.31 Å². The second-order valence-corrected chi connectivity index (χ2v) is 9.93. The number of amides is 1. The molecule has 178 valence electrons. The van der Waals surface area contributed by atoms with Crippen LogP contribution in [0.15, 0.2) is 77.7 Å². The summed E-state index contributed by atoms with van der Waals surface area (Å²) in [4.78, 5) is 12.3. The lowest BCUT2D eigenvalue weighted by Crippen LogP contribution is -2.43. The molecule has 0 unspecified atom stereocenters. The summed E-state index contributed by atoms with van der Waals surface area (Å²) in [5.74, 6) is -0.467. The molecule has 1 saturated heterocycles. The monoisotopic (exact) mass is 486 g/mol. The number of rotatable bonds is 7. The van der Waals surface area contributed by atoms with Gasteiger partial charge in [0.25, 0.3) is 0 Å². The normalized spacial score (nSPS) is 15.1. The van der Waals surface area contributed by atoms with E-state index in [1.54, 1.807) is 12.1 Å². The fourth-order valence-electron chi connectivity index (χ4n) is 3.80. The third kappa shape index (κ3) is 5.60. The fourth-order valence-corrected chi connectivity index (χ4v) is 5.33. The molecule has 3 aromatic rings. The van der Waals surface area contributed by atoms with E-state index >= 15 is 0 Å². The van der Waals surface area contributed by atoms with Gasteiger partial charge in [-0.25, -0.2) is 17.2 Å². The van der Waals surface area contributed by atoms with E-state index in [9.17, 15) is 22.0 Å². The van der Waals surface area contributed by atoms with E-state index in [0.29, 0.717) is 30.9 Å². The van der Waals surface area contributed by atoms with Gasteiger partial charge in [-0.05, 0) is 66.9 Å². The third-order valence-electron chi connectivity index (χ3n) is 5.72. The van der Waals surface area contributed by atoms with Crippen molar-refractivity contribution in [2.24, 2.45) is 5.92 Å². The van der Waals surface area contributed by atoms with Crippen LogP contribution in [0.3, 0.4) is 0 Å². The van der Waals surface area contributed by atoms with Gasteiger partial charge >= 0.3 is 0 Å². The summed E-state index contributed by atoms with van der Waals surface area (Å²) in [7, 11) is -3.93. The summed E-state index contributed by atoms with van der Waals surface area (Å²) in [5, 5.41) is 2.89. The van der Waals surface area contributed by atoms with Crippen LogP contribution in [0.25, 0.3) is 0 Å². The Morgan fingerprint density at radius 2 is 1.50 bits per heavy atom. The highest BCUT2D eigenvalue weighted by molar-refractivity contribution is 7.89. The van der Waals surface area contributed by atoms with Crippen molar-refractivity contribution in [1.82, 2.24) is 9.62 Å². The van der Waals surface area contributed by atoms with Crippen LogP contribution in [0, 0.1) is 17.6 Å². The van der Waals surface area contributed by atoms with Gasteiger partial charge in [-0.3, -0.25) is 4.79 Å². The second kappa shape index (κ2) is 10.3. The number of sulfonamides is 1. The predicted molar refractivity (Wildman–Crippen MR) is 123 cm³/mol. The van der Waals surface area contributed by atoms with Gasteiger partial charge in [0, 0.05) is 25.6 Å². The molecule has 0 spiro atoms. The maximum atomic E-state index is 14.0. The Morgan fingerprint density at radius 3 is 2.12 bits per heavy atom. The Kier molecular flexibility index (Phi) is 7.23. The number of ether oxygens (including phenoxy) is 1. The van der Waals surface area contributed by atoms with Crippen molar-refractivity contribution in [2.45, 2.75) is 24.3 Å². The van der Waals surface area contributed by atoms with Crippen LogP contribution in [0.4, 0.5) is 8.78 Å². The fraction of sp³-hybridized carbons (Fsp3) is 0.240. The Bertz CT molecular complexity index is 1240. The van der Waals surface area contributed by atoms with Crippen LogP contribution in [-0.4, -0.2) is 31.7 Å². The van der Waals surface area contributed by atoms with Crippen molar-refractivity contribution in [3.05, 3.63) is 90.0 Å². The van der Waals surface area contributed by atoms with Gasteiger partial charge in [0.05, 0.1) is 0 Å². The van der Waals surface area contributed by atoms with Crippen LogP contribution >= 0.6 is 0 Å². The largest absolute Gasteiger partial charge is 0.457 e. The van der Waals surface area contributed by atoms with E-state index in [0.717, 1.165) is 11.6 Å². The molecule has 9 heteroatoms. The lowest BCUT2D eigenvalue weighted by atomic mass is 9.97. The maximum Gasteiger partial charge on any atom is 0.245 e. The van der Waals surface area contributed by atoms with E-state index in [1.165, 1.54) is 46.8 Å². The third-order valence-corrected chi connectivity index (χ3v) is 7.65. The average molecular weight is 487 g/mol. The summed E-state index contributed by atoms with van der Waals surface area (Å²) in [5.41, 5.74) is 0.874. The van der Waals surface area contributed by atoms with Crippen molar-refractivity contribution in [1.29, 1.82) is 0 Å². The lowest BCUT2D eigenvalue weighted by Gasteiger charge is -2.30. The molecule has 0 radical (unpaired) electrons. The van der Waals surface area contributed by atoms with Gasteiger partial charge in [-0.15, -0.1) is 0 Å². The van der Waals surface area contributed by atoms with Crippen molar-refractivity contribution in [2.75, 3.05) is 13.1 Å². The number of carbonyl (C=O) groups excluding carboxylic acids is 1. The number of carbonyl (C=O) groups is 1. The van der Waals surface area contributed by atoms with Gasteiger partial charge in [0.1, 0.15) is 28.0 Å². The molecule has 1 amide bonds. The first-order valence-corrected chi connectivity index (χ1v) is 12.3. The molecule has 34 heavy (non-hydrogen) atoms. The number of benzene rings is 3. The summed E-state index contributed by atoms with van der Waals surface area (Å²) in [6, 6.07) is 18.2. The van der Waals surface area contributed by atoms with Crippen LogP contribution in [0.5, 0.6) is 11.5 Å². The number of hydrogen-bond donors (Lipinski definition) is 1. The Labute approximate surface area is 197 Å². The van der Waals surface area contributed by atoms with E-state index in [2.05, 4.69) is 5.32 Å². The molecule has 4 rings (SSSR count). The molecular weight excluding hydrogens is 462 g/mol. The van der Waals surface area contributed by atoms with Crippen LogP contribution < -0.4 is 10.1 Å². The predicted octanol–water partition coefficient (Wildman–Crippen LogP) is 4.47. The van der Waals surface area contributed by atoms with E-state index in [4.69, 9.17) is 4.74 Å². The summed E-state index contributed by atoms with van der Waals surface area (Å²) in [6.45, 7) is 0.637. The smallest absolute Gasteiger partial charge is 0.245 e. The van der Waals surface area contributed by atoms with Gasteiger partial charge in [-0.1, -0.05) is 24.3 Å². The number of hydrogen-bond acceptors (Lipinski definition) is 4. The minimum atomic E-state index is -3.93.